The van der Waals surface area contributed by atoms with Crippen LogP contribution in [0.3, 0.4) is 0 Å². The predicted octanol–water partition coefficient (Wildman–Crippen LogP) is 3.64. The van der Waals surface area contributed by atoms with Crippen LogP contribution in [0.25, 0.3) is 16.3 Å². The highest BCUT2D eigenvalue weighted by Crippen LogP contribution is 2.21. The lowest BCUT2D eigenvalue weighted by Crippen LogP contribution is -1.90. The van der Waals surface area contributed by atoms with Gasteiger partial charge in [-0.2, -0.15) is 0 Å². The average molecular weight is 226 g/mol. The lowest BCUT2D eigenvalue weighted by Gasteiger charge is -2.04. The molecule has 0 amide bonds. The number of carbonyl (C=O) groups is 1. The van der Waals surface area contributed by atoms with Gasteiger partial charge in [0.05, 0.1) is 0 Å². The van der Waals surface area contributed by atoms with Crippen molar-refractivity contribution in [3.05, 3.63) is 53.6 Å². The van der Waals surface area contributed by atoms with Gasteiger partial charge in [0, 0.05) is 6.08 Å². The summed E-state index contributed by atoms with van der Waals surface area (Å²) in [4.78, 5) is 10.6. The third-order valence-corrected chi connectivity index (χ3v) is 2.79. The molecule has 0 heterocycles. The molecule has 2 rings (SSSR count). The highest BCUT2D eigenvalue weighted by atomic mass is 16.4. The number of aryl methyl sites for hydroxylation is 1. The summed E-state index contributed by atoms with van der Waals surface area (Å²) in [5.74, 6) is -0.911. The van der Waals surface area contributed by atoms with Crippen molar-refractivity contribution in [2.45, 2.75) is 13.8 Å². The lowest BCUT2D eigenvalue weighted by atomic mass is 10.0. The van der Waals surface area contributed by atoms with E-state index in [0.717, 1.165) is 16.5 Å². The molecular formula is C15H14O2. The fourth-order valence-electron chi connectivity index (χ4n) is 1.88. The minimum Gasteiger partial charge on any atom is -0.478 e. The molecule has 0 saturated heterocycles. The van der Waals surface area contributed by atoms with Gasteiger partial charge < -0.3 is 5.11 Å². The number of rotatable bonds is 2. The maximum absolute atomic E-state index is 10.6. The van der Waals surface area contributed by atoms with E-state index in [1.54, 1.807) is 0 Å². The Balaban J connectivity index is 2.52. The van der Waals surface area contributed by atoms with Crippen LogP contribution in [0.2, 0.25) is 0 Å². The topological polar surface area (TPSA) is 37.3 Å². The summed E-state index contributed by atoms with van der Waals surface area (Å²) in [6.45, 7) is 3.87. The first kappa shape index (κ1) is 11.4. The SMILES string of the molecule is CC(=CC(=O)O)c1ccc2cc(C)ccc2c1. The maximum atomic E-state index is 10.6. The molecule has 17 heavy (non-hydrogen) atoms. The molecule has 0 aromatic heterocycles. The second-order valence-electron chi connectivity index (χ2n) is 4.23. The Kier molecular flexibility index (Phi) is 2.96. The Morgan fingerprint density at radius 3 is 2.47 bits per heavy atom. The first-order chi connectivity index (χ1) is 8.06. The highest BCUT2D eigenvalue weighted by molar-refractivity contribution is 5.92. The molecule has 0 spiro atoms. The van der Waals surface area contributed by atoms with Gasteiger partial charge >= 0.3 is 5.97 Å². The average Bonchev–Trinajstić information content (AvgIpc) is 2.27. The molecule has 0 saturated carbocycles. The van der Waals surface area contributed by atoms with Gasteiger partial charge in [-0.1, -0.05) is 35.9 Å². The molecule has 0 atom stereocenters. The van der Waals surface area contributed by atoms with E-state index in [1.807, 2.05) is 25.1 Å². The van der Waals surface area contributed by atoms with Crippen molar-refractivity contribution in [3.8, 4) is 0 Å². The van der Waals surface area contributed by atoms with Crippen molar-refractivity contribution in [3.63, 3.8) is 0 Å². The van der Waals surface area contributed by atoms with Crippen molar-refractivity contribution in [1.82, 2.24) is 0 Å². The predicted molar refractivity (Wildman–Crippen MR) is 70.0 cm³/mol. The zero-order chi connectivity index (χ0) is 12.4. The quantitative estimate of drug-likeness (QED) is 0.794. The number of carboxylic acid groups (broad SMARTS) is 1. The normalized spacial score (nSPS) is 11.8. The molecule has 1 N–H and O–H groups in total. The molecule has 0 bridgehead atoms. The van der Waals surface area contributed by atoms with Crippen molar-refractivity contribution in [2.24, 2.45) is 0 Å². The summed E-state index contributed by atoms with van der Waals surface area (Å²) >= 11 is 0. The summed E-state index contributed by atoms with van der Waals surface area (Å²) in [6.07, 6.45) is 1.23. The first-order valence-electron chi connectivity index (χ1n) is 5.48. The Morgan fingerprint density at radius 2 is 1.76 bits per heavy atom. The van der Waals surface area contributed by atoms with E-state index in [2.05, 4.69) is 25.1 Å². The van der Waals surface area contributed by atoms with E-state index in [9.17, 15) is 4.79 Å². The van der Waals surface area contributed by atoms with E-state index in [-0.39, 0.29) is 0 Å². The van der Waals surface area contributed by atoms with Crippen LogP contribution < -0.4 is 0 Å². The van der Waals surface area contributed by atoms with Crippen LogP contribution in [0.15, 0.2) is 42.5 Å². The standard InChI is InChI=1S/C15H14O2/c1-10-3-4-14-9-12(5-6-13(14)7-10)11(2)8-15(16)17/h3-9H,1-2H3,(H,16,17). The molecule has 0 radical (unpaired) electrons. The Labute approximate surface area is 100 Å². The molecular weight excluding hydrogens is 212 g/mol. The number of hydrogen-bond acceptors (Lipinski definition) is 1. The van der Waals surface area contributed by atoms with Gasteiger partial charge in [0.15, 0.2) is 0 Å². The summed E-state index contributed by atoms with van der Waals surface area (Å²) < 4.78 is 0. The summed E-state index contributed by atoms with van der Waals surface area (Å²) in [6, 6.07) is 12.2. The van der Waals surface area contributed by atoms with E-state index in [1.165, 1.54) is 17.0 Å². The zero-order valence-electron chi connectivity index (χ0n) is 9.90. The second kappa shape index (κ2) is 4.42. The van der Waals surface area contributed by atoms with Crippen molar-refractivity contribution >= 4 is 22.3 Å². The molecule has 0 unspecified atom stereocenters. The molecule has 2 aromatic carbocycles. The molecule has 2 aromatic rings. The number of fused-ring (bicyclic) bond motifs is 1. The van der Waals surface area contributed by atoms with Crippen LogP contribution in [-0.4, -0.2) is 11.1 Å². The maximum Gasteiger partial charge on any atom is 0.328 e. The van der Waals surface area contributed by atoms with Crippen LogP contribution in [0.1, 0.15) is 18.1 Å². The zero-order valence-corrected chi connectivity index (χ0v) is 9.90. The Morgan fingerprint density at radius 1 is 1.12 bits per heavy atom. The van der Waals surface area contributed by atoms with Gasteiger partial charge in [0.2, 0.25) is 0 Å². The van der Waals surface area contributed by atoms with Crippen molar-refractivity contribution in [2.75, 3.05) is 0 Å². The number of hydrogen-bond donors (Lipinski definition) is 1. The van der Waals surface area contributed by atoms with Crippen molar-refractivity contribution in [1.29, 1.82) is 0 Å². The van der Waals surface area contributed by atoms with Gasteiger partial charge in [0.1, 0.15) is 0 Å². The highest BCUT2D eigenvalue weighted by Gasteiger charge is 2.00. The van der Waals surface area contributed by atoms with Crippen molar-refractivity contribution < 1.29 is 9.90 Å². The van der Waals surface area contributed by atoms with Gasteiger partial charge in [-0.3, -0.25) is 0 Å². The molecule has 0 aliphatic heterocycles. The van der Waals surface area contributed by atoms with E-state index in [4.69, 9.17) is 5.11 Å². The van der Waals surface area contributed by atoms with E-state index < -0.39 is 5.97 Å². The largest absolute Gasteiger partial charge is 0.478 e. The number of benzene rings is 2. The summed E-state index contributed by atoms with van der Waals surface area (Å²) in [5.41, 5.74) is 2.94. The van der Waals surface area contributed by atoms with E-state index in [0.29, 0.717) is 0 Å². The van der Waals surface area contributed by atoms with Crippen LogP contribution in [0.4, 0.5) is 0 Å². The molecule has 2 nitrogen and oxygen atoms in total. The minimum absolute atomic E-state index is 0.764. The van der Waals surface area contributed by atoms with Crippen LogP contribution in [0.5, 0.6) is 0 Å². The fraction of sp³-hybridized carbons (Fsp3) is 0.133. The Hall–Kier alpha value is -2.09. The molecule has 0 aliphatic carbocycles. The lowest BCUT2D eigenvalue weighted by molar-refractivity contribution is -0.131. The minimum atomic E-state index is -0.911. The van der Waals surface area contributed by atoms with Gasteiger partial charge in [0.25, 0.3) is 0 Å². The molecule has 86 valence electrons. The molecule has 2 heteroatoms. The smallest absolute Gasteiger partial charge is 0.328 e. The molecule has 0 fully saturated rings. The third-order valence-electron chi connectivity index (χ3n) is 2.79. The Bertz CT molecular complexity index is 609. The van der Waals surface area contributed by atoms with Gasteiger partial charge in [-0.05, 0) is 41.8 Å². The summed E-state index contributed by atoms with van der Waals surface area (Å²) in [7, 11) is 0. The number of carboxylic acids is 1. The van der Waals surface area contributed by atoms with Crippen LogP contribution >= 0.6 is 0 Å². The number of allylic oxidation sites excluding steroid dienone is 1. The number of aliphatic carboxylic acids is 1. The summed E-state index contributed by atoms with van der Waals surface area (Å²) in [5, 5.41) is 11.0. The fourth-order valence-corrected chi connectivity index (χ4v) is 1.88. The molecule has 0 aliphatic rings. The van der Waals surface area contributed by atoms with Gasteiger partial charge in [-0.15, -0.1) is 0 Å². The third kappa shape index (κ3) is 2.53. The first-order valence-corrected chi connectivity index (χ1v) is 5.48. The van der Waals surface area contributed by atoms with Gasteiger partial charge in [-0.25, -0.2) is 4.79 Å². The monoisotopic (exact) mass is 226 g/mol. The van der Waals surface area contributed by atoms with Crippen LogP contribution in [0, 0.1) is 6.92 Å². The van der Waals surface area contributed by atoms with E-state index >= 15 is 0 Å². The van der Waals surface area contributed by atoms with Crippen LogP contribution in [-0.2, 0) is 4.79 Å². The second-order valence-corrected chi connectivity index (χ2v) is 4.23.